The van der Waals surface area contributed by atoms with E-state index in [-0.39, 0.29) is 5.69 Å². The maximum Gasteiger partial charge on any atom is 0.150 e. The van der Waals surface area contributed by atoms with Crippen molar-refractivity contribution < 1.29 is 9.13 Å². The summed E-state index contributed by atoms with van der Waals surface area (Å²) >= 11 is 5.89. The highest BCUT2D eigenvalue weighted by atomic mass is 35.5. The Hall–Kier alpha value is -1.74. The first-order chi connectivity index (χ1) is 8.11. The molecule has 2 rings (SSSR count). The van der Waals surface area contributed by atoms with E-state index < -0.39 is 5.82 Å². The summed E-state index contributed by atoms with van der Waals surface area (Å²) in [5.74, 6) is -0.181. The lowest BCUT2D eigenvalue weighted by Gasteiger charge is -2.09. The van der Waals surface area contributed by atoms with Crippen LogP contribution >= 0.6 is 11.6 Å². The lowest BCUT2D eigenvalue weighted by molar-refractivity contribution is 0.414. The molecule has 0 spiro atoms. The Morgan fingerprint density at radius 3 is 2.59 bits per heavy atom. The molecule has 17 heavy (non-hydrogen) atoms. The van der Waals surface area contributed by atoms with E-state index in [0.717, 1.165) is 5.56 Å². The van der Waals surface area contributed by atoms with Gasteiger partial charge in [-0.2, -0.15) is 0 Å². The minimum Gasteiger partial charge on any atom is -0.494 e. The van der Waals surface area contributed by atoms with E-state index in [9.17, 15) is 4.39 Å². The molecule has 0 radical (unpaired) electrons. The Kier molecular flexibility index (Phi) is 3.20. The van der Waals surface area contributed by atoms with Gasteiger partial charge < -0.3 is 10.5 Å². The second-order valence-electron chi connectivity index (χ2n) is 3.58. The summed E-state index contributed by atoms with van der Waals surface area (Å²) in [4.78, 5) is 0. The van der Waals surface area contributed by atoms with Gasteiger partial charge in [-0.15, -0.1) is 0 Å². The van der Waals surface area contributed by atoms with Crippen molar-refractivity contribution in [2.45, 2.75) is 0 Å². The number of benzene rings is 2. The number of methoxy groups -OCH3 is 1. The van der Waals surface area contributed by atoms with Gasteiger partial charge in [-0.25, -0.2) is 4.39 Å². The number of hydrogen-bond acceptors (Lipinski definition) is 2. The molecule has 0 fully saturated rings. The van der Waals surface area contributed by atoms with Crippen molar-refractivity contribution in [2.75, 3.05) is 12.8 Å². The van der Waals surface area contributed by atoms with E-state index in [1.165, 1.54) is 13.2 Å². The summed E-state index contributed by atoms with van der Waals surface area (Å²) in [5.41, 5.74) is 7.05. The molecule has 2 aromatic rings. The average Bonchev–Trinajstić information content (AvgIpc) is 2.32. The van der Waals surface area contributed by atoms with Crippen LogP contribution in [0, 0.1) is 5.82 Å². The van der Waals surface area contributed by atoms with E-state index in [4.69, 9.17) is 22.1 Å². The van der Waals surface area contributed by atoms with Gasteiger partial charge in [0, 0.05) is 5.02 Å². The van der Waals surface area contributed by atoms with Crippen LogP contribution in [0.5, 0.6) is 5.75 Å². The Bertz CT molecular complexity index is 557. The van der Waals surface area contributed by atoms with Crippen LogP contribution in [0.4, 0.5) is 10.1 Å². The Morgan fingerprint density at radius 2 is 1.94 bits per heavy atom. The van der Waals surface area contributed by atoms with Crippen LogP contribution in [0.2, 0.25) is 5.02 Å². The molecule has 0 aliphatic rings. The molecule has 0 saturated heterocycles. The van der Waals surface area contributed by atoms with Crippen molar-refractivity contribution in [2.24, 2.45) is 0 Å². The summed E-state index contributed by atoms with van der Waals surface area (Å²) in [6.07, 6.45) is 0. The maximum absolute atomic E-state index is 13.6. The molecule has 88 valence electrons. The molecular weight excluding hydrogens is 241 g/mol. The summed E-state index contributed by atoms with van der Waals surface area (Å²) in [7, 11) is 1.45. The summed E-state index contributed by atoms with van der Waals surface area (Å²) in [6, 6.07) is 10.2. The molecule has 0 atom stereocenters. The van der Waals surface area contributed by atoms with Gasteiger partial charge in [-0.3, -0.25) is 0 Å². The van der Waals surface area contributed by atoms with Crippen LogP contribution in [0.25, 0.3) is 11.1 Å². The average molecular weight is 252 g/mol. The Balaban J connectivity index is 2.56. The summed E-state index contributed by atoms with van der Waals surface area (Å²) in [6.45, 7) is 0. The largest absolute Gasteiger partial charge is 0.494 e. The van der Waals surface area contributed by atoms with Crippen LogP contribution in [-0.4, -0.2) is 7.11 Å². The Morgan fingerprint density at radius 1 is 1.18 bits per heavy atom. The van der Waals surface area contributed by atoms with Gasteiger partial charge in [0.25, 0.3) is 0 Å². The van der Waals surface area contributed by atoms with Gasteiger partial charge in [0.1, 0.15) is 11.4 Å². The molecular formula is C13H11ClFNO. The van der Waals surface area contributed by atoms with Gasteiger partial charge in [0.2, 0.25) is 0 Å². The molecule has 0 heterocycles. The molecule has 0 amide bonds. The first-order valence-electron chi connectivity index (χ1n) is 5.01. The van der Waals surface area contributed by atoms with Crippen LogP contribution in [0.15, 0.2) is 36.4 Å². The van der Waals surface area contributed by atoms with Gasteiger partial charge in [0.15, 0.2) is 5.82 Å². The van der Waals surface area contributed by atoms with Crippen molar-refractivity contribution in [3.8, 4) is 16.9 Å². The molecule has 0 saturated carbocycles. The zero-order valence-electron chi connectivity index (χ0n) is 9.21. The van der Waals surface area contributed by atoms with Gasteiger partial charge in [-0.1, -0.05) is 23.7 Å². The number of halogens is 2. The molecule has 0 aromatic heterocycles. The molecule has 2 aromatic carbocycles. The van der Waals surface area contributed by atoms with Gasteiger partial charge in [0.05, 0.1) is 7.11 Å². The number of nitrogens with two attached hydrogens (primary N) is 1. The highest BCUT2D eigenvalue weighted by Gasteiger charge is 2.09. The summed E-state index contributed by atoms with van der Waals surface area (Å²) < 4.78 is 18.6. The monoisotopic (exact) mass is 251 g/mol. The molecule has 2 nitrogen and oxygen atoms in total. The standard InChI is InChI=1S/C13H11ClFNO/c1-17-12-7-9(6-11(15)13(12)16)8-3-2-4-10(14)5-8/h2-7H,16H2,1H3. The molecule has 2 N–H and O–H groups in total. The van der Waals surface area contributed by atoms with E-state index in [1.807, 2.05) is 6.07 Å². The van der Waals surface area contributed by atoms with Crippen molar-refractivity contribution in [3.05, 3.63) is 47.2 Å². The van der Waals surface area contributed by atoms with Crippen LogP contribution in [0.1, 0.15) is 0 Å². The fourth-order valence-corrected chi connectivity index (χ4v) is 1.79. The normalized spacial score (nSPS) is 10.3. The lowest BCUT2D eigenvalue weighted by Crippen LogP contribution is -1.96. The molecule has 0 unspecified atom stereocenters. The minimum atomic E-state index is -0.501. The lowest BCUT2D eigenvalue weighted by atomic mass is 10.0. The zero-order chi connectivity index (χ0) is 12.4. The SMILES string of the molecule is COc1cc(-c2cccc(Cl)c2)cc(F)c1N. The zero-order valence-corrected chi connectivity index (χ0v) is 9.96. The third-order valence-electron chi connectivity index (χ3n) is 2.47. The first-order valence-corrected chi connectivity index (χ1v) is 5.38. The molecule has 0 aliphatic heterocycles. The maximum atomic E-state index is 13.6. The molecule has 4 heteroatoms. The van der Waals surface area contributed by atoms with Crippen LogP contribution in [-0.2, 0) is 0 Å². The third kappa shape index (κ3) is 2.34. The number of nitrogen functional groups attached to an aromatic ring is 1. The van der Waals surface area contributed by atoms with Crippen molar-refractivity contribution in [1.29, 1.82) is 0 Å². The van der Waals surface area contributed by atoms with Gasteiger partial charge >= 0.3 is 0 Å². The van der Waals surface area contributed by atoms with Crippen LogP contribution in [0.3, 0.4) is 0 Å². The topological polar surface area (TPSA) is 35.2 Å². The fourth-order valence-electron chi connectivity index (χ4n) is 1.60. The smallest absolute Gasteiger partial charge is 0.150 e. The fraction of sp³-hybridized carbons (Fsp3) is 0.0769. The molecule has 0 aliphatic carbocycles. The number of ether oxygens (including phenoxy) is 1. The van der Waals surface area contributed by atoms with Gasteiger partial charge in [-0.05, 0) is 35.4 Å². The van der Waals surface area contributed by atoms with Crippen LogP contribution < -0.4 is 10.5 Å². The Labute approximate surface area is 104 Å². The van der Waals surface area contributed by atoms with Crippen molar-refractivity contribution >= 4 is 17.3 Å². The van der Waals surface area contributed by atoms with E-state index in [1.54, 1.807) is 24.3 Å². The predicted molar refractivity (Wildman–Crippen MR) is 67.8 cm³/mol. The highest BCUT2D eigenvalue weighted by molar-refractivity contribution is 6.30. The van der Waals surface area contributed by atoms with Crippen molar-refractivity contribution in [1.82, 2.24) is 0 Å². The first kappa shape index (κ1) is 11.7. The van der Waals surface area contributed by atoms with E-state index >= 15 is 0 Å². The number of rotatable bonds is 2. The summed E-state index contributed by atoms with van der Waals surface area (Å²) in [5, 5.41) is 0.596. The predicted octanol–water partition coefficient (Wildman–Crippen LogP) is 3.74. The van der Waals surface area contributed by atoms with E-state index in [0.29, 0.717) is 16.3 Å². The second kappa shape index (κ2) is 4.63. The third-order valence-corrected chi connectivity index (χ3v) is 2.70. The van der Waals surface area contributed by atoms with Crippen molar-refractivity contribution in [3.63, 3.8) is 0 Å². The van der Waals surface area contributed by atoms with E-state index in [2.05, 4.69) is 0 Å². The number of anilines is 1. The quantitative estimate of drug-likeness (QED) is 0.826. The second-order valence-corrected chi connectivity index (χ2v) is 4.02. The molecule has 0 bridgehead atoms. The number of hydrogen-bond donors (Lipinski definition) is 1. The highest BCUT2D eigenvalue weighted by Crippen LogP contribution is 2.32. The minimum absolute atomic E-state index is 0.0123.